The monoisotopic (exact) mass is 288 g/mol. The van der Waals surface area contributed by atoms with Gasteiger partial charge in [0.25, 0.3) is 6.43 Å². The first kappa shape index (κ1) is 14.4. The van der Waals surface area contributed by atoms with Crippen LogP contribution in [0.15, 0.2) is 12.1 Å². The minimum Gasteiger partial charge on any atom is -0.315 e. The number of nitrogens with zero attached hydrogens (tertiary/aromatic N) is 1. The van der Waals surface area contributed by atoms with Crippen molar-refractivity contribution >= 4 is 17.2 Å². The van der Waals surface area contributed by atoms with E-state index in [-0.39, 0.29) is 17.9 Å². The lowest BCUT2D eigenvalue weighted by Crippen LogP contribution is -2.36. The predicted molar refractivity (Wildman–Crippen MR) is 71.3 cm³/mol. The Balaban J connectivity index is 2.26. The van der Waals surface area contributed by atoms with Gasteiger partial charge in [-0.15, -0.1) is 11.3 Å². The van der Waals surface area contributed by atoms with Crippen molar-refractivity contribution in [2.24, 2.45) is 5.92 Å². The SMILES string of the molecule is Cc1ccc(C2NC(C(C)C)C(=O)N2CC(F)F)s1. The summed E-state index contributed by atoms with van der Waals surface area (Å²) in [5, 5.41) is 3.18. The highest BCUT2D eigenvalue weighted by atomic mass is 32.1. The topological polar surface area (TPSA) is 32.3 Å². The molecule has 106 valence electrons. The minimum absolute atomic E-state index is 0.0822. The van der Waals surface area contributed by atoms with Gasteiger partial charge in [-0.1, -0.05) is 13.8 Å². The average molecular weight is 288 g/mol. The molecule has 1 aliphatic heterocycles. The van der Waals surface area contributed by atoms with E-state index < -0.39 is 19.1 Å². The van der Waals surface area contributed by atoms with Crippen molar-refractivity contribution in [3.8, 4) is 0 Å². The second-order valence-corrected chi connectivity index (χ2v) is 6.44. The molecule has 2 unspecified atom stereocenters. The van der Waals surface area contributed by atoms with Crippen molar-refractivity contribution < 1.29 is 13.6 Å². The molecule has 1 aromatic heterocycles. The van der Waals surface area contributed by atoms with E-state index >= 15 is 0 Å². The van der Waals surface area contributed by atoms with Gasteiger partial charge in [0.1, 0.15) is 6.17 Å². The Morgan fingerprint density at radius 1 is 1.42 bits per heavy atom. The van der Waals surface area contributed by atoms with E-state index in [4.69, 9.17) is 0 Å². The fraction of sp³-hybridized carbons (Fsp3) is 0.615. The van der Waals surface area contributed by atoms with Crippen LogP contribution in [0.4, 0.5) is 8.78 Å². The van der Waals surface area contributed by atoms with Crippen LogP contribution < -0.4 is 5.32 Å². The van der Waals surface area contributed by atoms with Crippen LogP contribution in [0.3, 0.4) is 0 Å². The second kappa shape index (κ2) is 5.54. The summed E-state index contributed by atoms with van der Waals surface area (Å²) >= 11 is 1.53. The van der Waals surface area contributed by atoms with Gasteiger partial charge in [-0.05, 0) is 25.0 Å². The van der Waals surface area contributed by atoms with Crippen LogP contribution in [0.5, 0.6) is 0 Å². The molecule has 0 bridgehead atoms. The molecule has 0 aromatic carbocycles. The fourth-order valence-corrected chi connectivity index (χ4v) is 3.25. The van der Waals surface area contributed by atoms with E-state index in [0.29, 0.717) is 0 Å². The van der Waals surface area contributed by atoms with E-state index in [1.807, 2.05) is 32.9 Å². The van der Waals surface area contributed by atoms with Gasteiger partial charge in [0.2, 0.25) is 5.91 Å². The van der Waals surface area contributed by atoms with Crippen LogP contribution in [-0.4, -0.2) is 29.8 Å². The Morgan fingerprint density at radius 3 is 2.58 bits per heavy atom. The third-order valence-corrected chi connectivity index (χ3v) is 4.28. The molecule has 2 atom stereocenters. The third-order valence-electron chi connectivity index (χ3n) is 3.23. The number of nitrogens with one attached hydrogen (secondary N) is 1. The predicted octanol–water partition coefficient (Wildman–Crippen LogP) is 2.78. The number of amides is 1. The number of hydrogen-bond acceptors (Lipinski definition) is 3. The highest BCUT2D eigenvalue weighted by molar-refractivity contribution is 7.12. The number of halogens is 2. The molecular formula is C13H18F2N2OS. The highest BCUT2D eigenvalue weighted by Crippen LogP contribution is 2.32. The Hall–Kier alpha value is -1.01. The van der Waals surface area contributed by atoms with Gasteiger partial charge in [0.05, 0.1) is 12.6 Å². The number of aryl methyl sites for hydroxylation is 1. The summed E-state index contributed by atoms with van der Waals surface area (Å²) in [6.07, 6.45) is -2.94. The van der Waals surface area contributed by atoms with Gasteiger partial charge in [0.15, 0.2) is 0 Å². The zero-order valence-electron chi connectivity index (χ0n) is 11.2. The average Bonchev–Trinajstić information content (AvgIpc) is 2.84. The molecule has 0 saturated carbocycles. The smallest absolute Gasteiger partial charge is 0.255 e. The lowest BCUT2D eigenvalue weighted by molar-refractivity contribution is -0.132. The van der Waals surface area contributed by atoms with E-state index in [9.17, 15) is 13.6 Å². The van der Waals surface area contributed by atoms with Crippen molar-refractivity contribution in [3.05, 3.63) is 21.9 Å². The van der Waals surface area contributed by atoms with E-state index in [0.717, 1.165) is 9.75 Å². The summed E-state index contributed by atoms with van der Waals surface area (Å²) in [6, 6.07) is 3.45. The molecule has 0 aliphatic carbocycles. The first-order valence-corrected chi connectivity index (χ1v) is 7.13. The highest BCUT2D eigenvalue weighted by Gasteiger charge is 2.42. The summed E-state index contributed by atoms with van der Waals surface area (Å²) in [5.74, 6) is -0.148. The first-order chi connectivity index (χ1) is 8.90. The molecule has 1 saturated heterocycles. The van der Waals surface area contributed by atoms with Crippen molar-refractivity contribution in [1.82, 2.24) is 10.2 Å². The van der Waals surface area contributed by atoms with Crippen molar-refractivity contribution in [2.45, 2.75) is 39.4 Å². The summed E-state index contributed by atoms with van der Waals surface area (Å²) in [4.78, 5) is 15.5. The molecule has 19 heavy (non-hydrogen) atoms. The quantitative estimate of drug-likeness (QED) is 0.924. The first-order valence-electron chi connectivity index (χ1n) is 6.31. The van der Waals surface area contributed by atoms with Crippen LogP contribution in [0.2, 0.25) is 0 Å². The molecule has 1 fully saturated rings. The number of thiophene rings is 1. The van der Waals surface area contributed by atoms with Crippen molar-refractivity contribution in [2.75, 3.05) is 6.54 Å². The zero-order chi connectivity index (χ0) is 14.2. The van der Waals surface area contributed by atoms with E-state index in [1.54, 1.807) is 0 Å². The van der Waals surface area contributed by atoms with Gasteiger partial charge in [-0.25, -0.2) is 8.78 Å². The molecule has 2 heterocycles. The summed E-state index contributed by atoms with van der Waals surface area (Å²) in [6.45, 7) is 5.27. The van der Waals surface area contributed by atoms with Gasteiger partial charge >= 0.3 is 0 Å². The molecule has 0 radical (unpaired) electrons. The van der Waals surface area contributed by atoms with Crippen molar-refractivity contribution in [3.63, 3.8) is 0 Å². The molecule has 1 N–H and O–H groups in total. The summed E-state index contributed by atoms with van der Waals surface area (Å²) in [5.41, 5.74) is 0. The molecular weight excluding hydrogens is 270 g/mol. The molecule has 1 aromatic rings. The zero-order valence-corrected chi connectivity index (χ0v) is 12.0. The Kier molecular flexibility index (Phi) is 4.20. The third kappa shape index (κ3) is 2.95. The van der Waals surface area contributed by atoms with Crippen LogP contribution in [0, 0.1) is 12.8 Å². The van der Waals surface area contributed by atoms with Gasteiger partial charge in [0, 0.05) is 9.75 Å². The maximum Gasteiger partial charge on any atom is 0.255 e. The number of rotatable bonds is 4. The van der Waals surface area contributed by atoms with Crippen LogP contribution in [-0.2, 0) is 4.79 Å². The van der Waals surface area contributed by atoms with Crippen LogP contribution in [0.25, 0.3) is 0 Å². The Morgan fingerprint density at radius 2 is 2.11 bits per heavy atom. The number of carbonyl (C=O) groups excluding carboxylic acids is 1. The molecule has 6 heteroatoms. The second-order valence-electron chi connectivity index (χ2n) is 5.12. The maximum absolute atomic E-state index is 12.7. The molecule has 2 rings (SSSR count). The fourth-order valence-electron chi connectivity index (χ4n) is 2.30. The van der Waals surface area contributed by atoms with Crippen LogP contribution in [0.1, 0.15) is 29.8 Å². The van der Waals surface area contributed by atoms with Gasteiger partial charge < -0.3 is 4.90 Å². The van der Waals surface area contributed by atoms with Crippen molar-refractivity contribution in [1.29, 1.82) is 0 Å². The number of hydrogen-bond donors (Lipinski definition) is 1. The maximum atomic E-state index is 12.7. The molecule has 1 amide bonds. The minimum atomic E-state index is -2.51. The Labute approximate surface area is 115 Å². The van der Waals surface area contributed by atoms with Gasteiger partial charge in [-0.2, -0.15) is 0 Å². The summed E-state index contributed by atoms with van der Waals surface area (Å²) in [7, 11) is 0. The van der Waals surface area contributed by atoms with E-state index in [2.05, 4.69) is 5.32 Å². The lowest BCUT2D eigenvalue weighted by Gasteiger charge is -2.22. The lowest BCUT2D eigenvalue weighted by atomic mass is 10.1. The van der Waals surface area contributed by atoms with E-state index in [1.165, 1.54) is 16.2 Å². The van der Waals surface area contributed by atoms with Gasteiger partial charge in [-0.3, -0.25) is 10.1 Å². The standard InChI is InChI=1S/C13H18F2N2OS/c1-7(2)11-13(18)17(6-10(14)15)12(16-11)9-5-4-8(3)19-9/h4-5,7,10-12,16H,6H2,1-3H3. The number of carbonyl (C=O) groups is 1. The summed E-state index contributed by atoms with van der Waals surface area (Å²) < 4.78 is 25.3. The Bertz CT molecular complexity index is 461. The number of alkyl halides is 2. The van der Waals surface area contributed by atoms with Crippen LogP contribution >= 0.6 is 11.3 Å². The normalized spacial score (nSPS) is 23.9. The molecule has 3 nitrogen and oxygen atoms in total. The molecule has 0 spiro atoms. The molecule has 1 aliphatic rings. The largest absolute Gasteiger partial charge is 0.315 e.